The van der Waals surface area contributed by atoms with E-state index in [1.807, 2.05) is 0 Å². The quantitative estimate of drug-likeness (QED) is 0.650. The van der Waals surface area contributed by atoms with Crippen molar-refractivity contribution in [2.75, 3.05) is 7.11 Å². The van der Waals surface area contributed by atoms with Gasteiger partial charge in [-0.2, -0.15) is 18.3 Å². The topological polar surface area (TPSA) is 94.8 Å². The largest absolute Gasteiger partial charge is 0.481 e. The summed E-state index contributed by atoms with van der Waals surface area (Å²) in [6.07, 6.45) is -1.81. The number of alkyl halides is 3. The molecule has 4 heterocycles. The zero-order chi connectivity index (χ0) is 21.5. The number of amides is 1. The molecule has 3 aromatic rings. The van der Waals surface area contributed by atoms with Gasteiger partial charge in [0, 0.05) is 18.2 Å². The molecule has 0 fully saturated rings. The van der Waals surface area contributed by atoms with Crippen molar-refractivity contribution in [3.63, 3.8) is 0 Å². The third-order valence-electron chi connectivity index (χ3n) is 4.59. The molecular formula is C18H14F4N6O2. The summed E-state index contributed by atoms with van der Waals surface area (Å²) < 4.78 is 58.5. The number of carbonyl (C=O) groups excluding carboxylic acids is 1. The molecule has 1 amide bonds. The van der Waals surface area contributed by atoms with Crippen molar-refractivity contribution < 1.29 is 27.1 Å². The molecule has 0 aromatic carbocycles. The van der Waals surface area contributed by atoms with Crippen LogP contribution in [0.5, 0.6) is 5.88 Å². The summed E-state index contributed by atoms with van der Waals surface area (Å²) in [5.74, 6) is -1.02. The Morgan fingerprint density at radius 1 is 1.20 bits per heavy atom. The van der Waals surface area contributed by atoms with Crippen LogP contribution in [-0.4, -0.2) is 37.7 Å². The number of methoxy groups -OCH3 is 1. The molecule has 0 bridgehead atoms. The van der Waals surface area contributed by atoms with E-state index in [0.29, 0.717) is 30.6 Å². The molecule has 1 aliphatic heterocycles. The highest BCUT2D eigenvalue weighted by Gasteiger charge is 2.33. The van der Waals surface area contributed by atoms with Crippen molar-refractivity contribution in [3.8, 4) is 17.1 Å². The molecule has 156 valence electrons. The van der Waals surface area contributed by atoms with Crippen LogP contribution in [0.2, 0.25) is 0 Å². The van der Waals surface area contributed by atoms with Gasteiger partial charge in [-0.3, -0.25) is 9.48 Å². The Morgan fingerprint density at radius 3 is 2.67 bits per heavy atom. The number of pyridine rings is 1. The molecule has 1 atom stereocenters. The fourth-order valence-electron chi connectivity index (χ4n) is 3.12. The van der Waals surface area contributed by atoms with Gasteiger partial charge in [-0.25, -0.2) is 19.3 Å². The van der Waals surface area contributed by atoms with Gasteiger partial charge < -0.3 is 10.1 Å². The van der Waals surface area contributed by atoms with Crippen LogP contribution in [0.3, 0.4) is 0 Å². The minimum Gasteiger partial charge on any atom is -0.481 e. The minimum atomic E-state index is -4.64. The predicted molar refractivity (Wildman–Crippen MR) is 93.8 cm³/mol. The second-order valence-corrected chi connectivity index (χ2v) is 6.48. The van der Waals surface area contributed by atoms with Crippen LogP contribution in [0.15, 0.2) is 30.7 Å². The number of aromatic nitrogens is 5. The Hall–Kier alpha value is -3.57. The Morgan fingerprint density at radius 2 is 2.00 bits per heavy atom. The van der Waals surface area contributed by atoms with Crippen LogP contribution in [0.4, 0.5) is 17.6 Å². The number of fused-ring (bicyclic) bond motifs is 1. The van der Waals surface area contributed by atoms with Crippen molar-refractivity contribution in [2.24, 2.45) is 0 Å². The summed E-state index contributed by atoms with van der Waals surface area (Å²) in [7, 11) is 1.41. The van der Waals surface area contributed by atoms with Gasteiger partial charge in [0.15, 0.2) is 11.5 Å². The summed E-state index contributed by atoms with van der Waals surface area (Å²) >= 11 is 0. The highest BCUT2D eigenvalue weighted by Crippen LogP contribution is 2.32. The van der Waals surface area contributed by atoms with E-state index in [2.05, 4.69) is 25.4 Å². The van der Waals surface area contributed by atoms with Gasteiger partial charge >= 0.3 is 6.18 Å². The SMILES string of the molecule is COc1cc(-c2cc3n(n2)CC[C@H]3NC(=O)c2cnc(C(F)(F)F)cn2)c(F)cn1. The summed E-state index contributed by atoms with van der Waals surface area (Å²) in [6.45, 7) is 0.475. The molecule has 3 aromatic heterocycles. The lowest BCUT2D eigenvalue weighted by Gasteiger charge is -2.12. The monoisotopic (exact) mass is 422 g/mol. The fraction of sp³-hybridized carbons (Fsp3) is 0.278. The van der Waals surface area contributed by atoms with Crippen LogP contribution in [0.1, 0.15) is 34.3 Å². The first-order valence-electron chi connectivity index (χ1n) is 8.74. The summed E-state index contributed by atoms with van der Waals surface area (Å²) in [5.41, 5.74) is -0.254. The zero-order valence-corrected chi connectivity index (χ0v) is 15.4. The summed E-state index contributed by atoms with van der Waals surface area (Å²) in [5, 5.41) is 7.05. The number of aryl methyl sites for hydroxylation is 1. The van der Waals surface area contributed by atoms with E-state index < -0.39 is 29.6 Å². The van der Waals surface area contributed by atoms with Crippen molar-refractivity contribution in [3.05, 3.63) is 53.6 Å². The molecule has 0 unspecified atom stereocenters. The highest BCUT2D eigenvalue weighted by atomic mass is 19.4. The van der Waals surface area contributed by atoms with E-state index in [4.69, 9.17) is 4.74 Å². The maximum atomic E-state index is 14.2. The van der Waals surface area contributed by atoms with Crippen molar-refractivity contribution >= 4 is 5.91 Å². The molecule has 12 heteroatoms. The van der Waals surface area contributed by atoms with Crippen molar-refractivity contribution in [1.82, 2.24) is 30.0 Å². The molecule has 0 spiro atoms. The number of hydrogen-bond acceptors (Lipinski definition) is 6. The average molecular weight is 422 g/mol. The van der Waals surface area contributed by atoms with E-state index in [1.54, 1.807) is 10.7 Å². The van der Waals surface area contributed by atoms with Gasteiger partial charge in [-0.15, -0.1) is 0 Å². The predicted octanol–water partition coefficient (Wildman–Crippen LogP) is 2.78. The van der Waals surface area contributed by atoms with Crippen LogP contribution in [-0.2, 0) is 12.7 Å². The van der Waals surface area contributed by atoms with Crippen LogP contribution in [0.25, 0.3) is 11.3 Å². The molecule has 30 heavy (non-hydrogen) atoms. The second kappa shape index (κ2) is 7.35. The number of nitrogens with one attached hydrogen (secondary N) is 1. The van der Waals surface area contributed by atoms with Crippen LogP contribution >= 0.6 is 0 Å². The van der Waals surface area contributed by atoms with Crippen LogP contribution < -0.4 is 10.1 Å². The first-order valence-corrected chi connectivity index (χ1v) is 8.74. The molecule has 1 aliphatic rings. The van der Waals surface area contributed by atoms with Gasteiger partial charge in [0.05, 0.1) is 43.1 Å². The third-order valence-corrected chi connectivity index (χ3v) is 4.59. The lowest BCUT2D eigenvalue weighted by Crippen LogP contribution is -2.28. The summed E-state index contributed by atoms with van der Waals surface area (Å²) in [4.78, 5) is 22.9. The second-order valence-electron chi connectivity index (χ2n) is 6.48. The van der Waals surface area contributed by atoms with Crippen molar-refractivity contribution in [1.29, 1.82) is 0 Å². The number of carbonyl (C=O) groups is 1. The van der Waals surface area contributed by atoms with Crippen LogP contribution in [0, 0.1) is 5.82 Å². The van der Waals surface area contributed by atoms with E-state index in [0.717, 1.165) is 12.4 Å². The Balaban J connectivity index is 1.53. The minimum absolute atomic E-state index is 0.197. The van der Waals surface area contributed by atoms with Gasteiger partial charge in [-0.1, -0.05) is 0 Å². The van der Waals surface area contributed by atoms with Gasteiger partial charge in [0.1, 0.15) is 5.69 Å². The maximum absolute atomic E-state index is 14.2. The number of ether oxygens (including phenoxy) is 1. The average Bonchev–Trinajstić information content (AvgIpc) is 3.29. The van der Waals surface area contributed by atoms with Gasteiger partial charge in [0.25, 0.3) is 5.91 Å². The Labute approximate surface area is 166 Å². The smallest absolute Gasteiger partial charge is 0.434 e. The van der Waals surface area contributed by atoms with E-state index in [9.17, 15) is 22.4 Å². The molecule has 4 rings (SSSR count). The molecular weight excluding hydrogens is 408 g/mol. The summed E-state index contributed by atoms with van der Waals surface area (Å²) in [6, 6.07) is 2.59. The zero-order valence-electron chi connectivity index (χ0n) is 15.4. The molecule has 0 radical (unpaired) electrons. The maximum Gasteiger partial charge on any atom is 0.434 e. The van der Waals surface area contributed by atoms with E-state index in [1.165, 1.54) is 13.2 Å². The fourth-order valence-corrected chi connectivity index (χ4v) is 3.12. The lowest BCUT2D eigenvalue weighted by atomic mass is 10.1. The lowest BCUT2D eigenvalue weighted by molar-refractivity contribution is -0.141. The Bertz CT molecular complexity index is 1100. The standard InChI is InChI=1S/C18H14F4N6O2/c1-30-16-4-9(10(19)6-25-16)12-5-14-11(2-3-28(14)27-12)26-17(29)13-7-24-15(8-23-13)18(20,21)22/h4-8,11H,2-3H2,1H3,(H,26,29)/t11-/m1/s1. The third kappa shape index (κ3) is 3.67. The molecule has 0 saturated heterocycles. The molecule has 0 aliphatic carbocycles. The van der Waals surface area contributed by atoms with Gasteiger partial charge in [-0.05, 0) is 12.5 Å². The van der Waals surface area contributed by atoms with E-state index in [-0.39, 0.29) is 17.1 Å². The normalized spacial score (nSPS) is 15.7. The number of halogens is 4. The van der Waals surface area contributed by atoms with Gasteiger partial charge in [0.2, 0.25) is 5.88 Å². The molecule has 8 nitrogen and oxygen atoms in total. The number of nitrogens with zero attached hydrogens (tertiary/aromatic N) is 5. The molecule has 0 saturated carbocycles. The van der Waals surface area contributed by atoms with Crippen molar-refractivity contribution in [2.45, 2.75) is 25.2 Å². The first-order chi connectivity index (χ1) is 14.3. The van der Waals surface area contributed by atoms with E-state index >= 15 is 0 Å². The molecule has 1 N–H and O–H groups in total. The number of hydrogen-bond donors (Lipinski definition) is 1. The Kier molecular flexibility index (Phi) is 4.84. The number of rotatable bonds is 4. The highest BCUT2D eigenvalue weighted by molar-refractivity contribution is 5.92. The first kappa shape index (κ1) is 19.7.